The molecule has 1 aliphatic heterocycles. The van der Waals surface area contributed by atoms with Gasteiger partial charge in [0.25, 0.3) is 5.91 Å². The van der Waals surface area contributed by atoms with E-state index in [2.05, 4.69) is 22.2 Å². The van der Waals surface area contributed by atoms with Crippen molar-refractivity contribution in [1.29, 1.82) is 0 Å². The van der Waals surface area contributed by atoms with Crippen LogP contribution in [-0.4, -0.2) is 41.3 Å². The molecule has 2 N–H and O–H groups in total. The maximum Gasteiger partial charge on any atom is 0.262 e. The molecule has 0 fully saturated rings. The van der Waals surface area contributed by atoms with Gasteiger partial charge in [0, 0.05) is 24.1 Å². The molecule has 3 aromatic rings. The Morgan fingerprint density at radius 1 is 1.20 bits per heavy atom. The molecule has 4 rings (SSSR count). The summed E-state index contributed by atoms with van der Waals surface area (Å²) in [7, 11) is 0. The van der Waals surface area contributed by atoms with Crippen molar-refractivity contribution in [3.8, 4) is 22.8 Å². The maximum absolute atomic E-state index is 12.8. The number of thiazole rings is 1. The van der Waals surface area contributed by atoms with Crippen molar-refractivity contribution in [2.24, 2.45) is 0 Å². The Morgan fingerprint density at radius 3 is 2.77 bits per heavy atom. The molecule has 1 aliphatic rings. The summed E-state index contributed by atoms with van der Waals surface area (Å²) in [4.78, 5) is 29.4. The minimum absolute atomic E-state index is 0.105. The van der Waals surface area contributed by atoms with E-state index in [4.69, 9.17) is 9.47 Å². The smallest absolute Gasteiger partial charge is 0.262 e. The predicted octanol–water partition coefficient (Wildman–Crippen LogP) is 4.94. The number of hydrogen-bond donors (Lipinski definition) is 2. The first kappa shape index (κ1) is 24.8. The number of ether oxygens (including phenoxy) is 2. The van der Waals surface area contributed by atoms with Crippen LogP contribution in [-0.2, 0) is 16.0 Å². The zero-order valence-electron chi connectivity index (χ0n) is 19.6. The minimum atomic E-state index is -0.305. The second-order valence-electron chi connectivity index (χ2n) is 8.52. The van der Waals surface area contributed by atoms with Gasteiger partial charge in [-0.25, -0.2) is 4.98 Å². The first-order valence-corrected chi connectivity index (χ1v) is 12.9. The van der Waals surface area contributed by atoms with E-state index < -0.39 is 0 Å². The SMILES string of the molecule is C=CCNC(=O)CSc1nc(-c2ccccc2)c(NC(=O)COc2cccc3c2OC(C)(C)C3)s1. The van der Waals surface area contributed by atoms with Crippen LogP contribution in [0.25, 0.3) is 11.3 Å². The van der Waals surface area contributed by atoms with E-state index in [0.29, 0.717) is 33.1 Å². The summed E-state index contributed by atoms with van der Waals surface area (Å²) in [6.45, 7) is 7.90. The predicted molar refractivity (Wildman–Crippen MR) is 140 cm³/mol. The highest BCUT2D eigenvalue weighted by Crippen LogP contribution is 2.42. The topological polar surface area (TPSA) is 89.6 Å². The number of para-hydroxylation sites is 1. The summed E-state index contributed by atoms with van der Waals surface area (Å²) >= 11 is 2.65. The molecular formula is C26H27N3O4S2. The van der Waals surface area contributed by atoms with E-state index in [1.54, 1.807) is 6.08 Å². The molecular weight excluding hydrogens is 482 g/mol. The van der Waals surface area contributed by atoms with Gasteiger partial charge < -0.3 is 20.1 Å². The van der Waals surface area contributed by atoms with Crippen molar-refractivity contribution < 1.29 is 19.1 Å². The molecule has 0 atom stereocenters. The number of nitrogens with one attached hydrogen (secondary N) is 2. The second-order valence-corrected chi connectivity index (χ2v) is 10.7. The zero-order chi connectivity index (χ0) is 24.8. The summed E-state index contributed by atoms with van der Waals surface area (Å²) < 4.78 is 12.5. The number of thioether (sulfide) groups is 1. The molecule has 0 radical (unpaired) electrons. The van der Waals surface area contributed by atoms with Crippen LogP contribution in [0, 0.1) is 0 Å². The molecule has 2 heterocycles. The van der Waals surface area contributed by atoms with Crippen molar-refractivity contribution in [3.05, 3.63) is 66.7 Å². The van der Waals surface area contributed by atoms with Gasteiger partial charge in [-0.05, 0) is 19.9 Å². The quantitative estimate of drug-likeness (QED) is 0.297. The van der Waals surface area contributed by atoms with Gasteiger partial charge in [-0.2, -0.15) is 0 Å². The lowest BCUT2D eigenvalue weighted by Crippen LogP contribution is -2.25. The molecule has 0 saturated heterocycles. The number of carbonyl (C=O) groups is 2. The van der Waals surface area contributed by atoms with Gasteiger partial charge in [0.05, 0.1) is 5.75 Å². The van der Waals surface area contributed by atoms with Crippen LogP contribution in [0.3, 0.4) is 0 Å². The molecule has 2 amide bonds. The Bertz CT molecular complexity index is 1220. The highest BCUT2D eigenvalue weighted by atomic mass is 32.2. The van der Waals surface area contributed by atoms with E-state index >= 15 is 0 Å². The lowest BCUT2D eigenvalue weighted by Gasteiger charge is -2.18. The average Bonchev–Trinajstić information content (AvgIpc) is 3.39. The average molecular weight is 510 g/mol. The minimum Gasteiger partial charge on any atom is -0.483 e. The van der Waals surface area contributed by atoms with Crippen LogP contribution >= 0.6 is 23.1 Å². The first-order valence-electron chi connectivity index (χ1n) is 11.1. The van der Waals surface area contributed by atoms with Crippen LogP contribution in [0.1, 0.15) is 19.4 Å². The van der Waals surface area contributed by atoms with E-state index in [1.165, 1.54) is 23.1 Å². The largest absolute Gasteiger partial charge is 0.483 e. The van der Waals surface area contributed by atoms with Gasteiger partial charge in [-0.15, -0.1) is 6.58 Å². The van der Waals surface area contributed by atoms with Crippen molar-refractivity contribution in [3.63, 3.8) is 0 Å². The molecule has 35 heavy (non-hydrogen) atoms. The number of anilines is 1. The molecule has 1 aromatic heterocycles. The standard InChI is InChI=1S/C26H27N3O4S2/c1-4-13-27-21(31)16-34-25-29-22(17-9-6-5-7-10-17)24(35-25)28-20(30)15-32-19-12-8-11-18-14-26(2,3)33-23(18)19/h4-12H,1,13-16H2,2-3H3,(H,27,31)(H,28,30). The fourth-order valence-electron chi connectivity index (χ4n) is 3.61. The fourth-order valence-corrected chi connectivity index (χ4v) is 5.52. The van der Waals surface area contributed by atoms with Crippen molar-refractivity contribution in [1.82, 2.24) is 10.3 Å². The number of nitrogens with zero attached hydrogens (tertiary/aromatic N) is 1. The summed E-state index contributed by atoms with van der Waals surface area (Å²) in [5, 5.41) is 6.28. The third kappa shape index (κ3) is 6.43. The van der Waals surface area contributed by atoms with E-state index in [1.807, 2.05) is 62.4 Å². The van der Waals surface area contributed by atoms with Crippen LogP contribution in [0.4, 0.5) is 5.00 Å². The lowest BCUT2D eigenvalue weighted by atomic mass is 10.0. The zero-order valence-corrected chi connectivity index (χ0v) is 21.3. The first-order chi connectivity index (χ1) is 16.8. The van der Waals surface area contributed by atoms with Gasteiger partial charge in [0.15, 0.2) is 22.4 Å². The molecule has 0 saturated carbocycles. The molecule has 9 heteroatoms. The molecule has 7 nitrogen and oxygen atoms in total. The summed E-state index contributed by atoms with van der Waals surface area (Å²) in [6, 6.07) is 15.3. The van der Waals surface area contributed by atoms with Crippen LogP contribution in [0.15, 0.2) is 65.5 Å². The number of hydrogen-bond acceptors (Lipinski definition) is 7. The fraction of sp³-hybridized carbons (Fsp3) is 0.269. The molecule has 0 aliphatic carbocycles. The molecule has 182 valence electrons. The van der Waals surface area contributed by atoms with Crippen molar-refractivity contribution in [2.45, 2.75) is 30.2 Å². The lowest BCUT2D eigenvalue weighted by molar-refractivity contribution is -0.119. The van der Waals surface area contributed by atoms with E-state index in [0.717, 1.165) is 17.5 Å². The van der Waals surface area contributed by atoms with Crippen LogP contribution in [0.5, 0.6) is 11.5 Å². The Balaban J connectivity index is 1.45. The number of aromatic nitrogens is 1. The third-order valence-electron chi connectivity index (χ3n) is 5.09. The number of fused-ring (bicyclic) bond motifs is 1. The Hall–Kier alpha value is -3.30. The van der Waals surface area contributed by atoms with Gasteiger partial charge in [0.1, 0.15) is 16.3 Å². The van der Waals surface area contributed by atoms with Gasteiger partial charge >= 0.3 is 0 Å². The number of rotatable bonds is 10. The molecule has 0 spiro atoms. The Kier molecular flexibility index (Phi) is 7.77. The summed E-state index contributed by atoms with van der Waals surface area (Å²) in [5.41, 5.74) is 2.30. The van der Waals surface area contributed by atoms with Crippen molar-refractivity contribution in [2.75, 3.05) is 24.2 Å². The van der Waals surface area contributed by atoms with E-state index in [9.17, 15) is 9.59 Å². The van der Waals surface area contributed by atoms with Gasteiger partial charge in [-0.3, -0.25) is 9.59 Å². The molecule has 0 bridgehead atoms. The number of amides is 2. The van der Waals surface area contributed by atoms with Gasteiger partial charge in [-0.1, -0.05) is 71.6 Å². The highest BCUT2D eigenvalue weighted by molar-refractivity contribution is 8.01. The van der Waals surface area contributed by atoms with Crippen LogP contribution < -0.4 is 20.1 Å². The Morgan fingerprint density at radius 2 is 2.00 bits per heavy atom. The summed E-state index contributed by atoms with van der Waals surface area (Å²) in [5.74, 6) is 1.06. The third-order valence-corrected chi connectivity index (χ3v) is 7.21. The number of carbonyl (C=O) groups excluding carboxylic acids is 2. The van der Waals surface area contributed by atoms with Crippen molar-refractivity contribution >= 4 is 39.9 Å². The maximum atomic E-state index is 12.8. The normalized spacial score (nSPS) is 13.4. The Labute approximate surface area is 212 Å². The van der Waals surface area contributed by atoms with Crippen LogP contribution in [0.2, 0.25) is 0 Å². The monoisotopic (exact) mass is 509 g/mol. The highest BCUT2D eigenvalue weighted by Gasteiger charge is 2.32. The molecule has 2 aromatic carbocycles. The van der Waals surface area contributed by atoms with Gasteiger partial charge in [0.2, 0.25) is 5.91 Å². The van der Waals surface area contributed by atoms with E-state index in [-0.39, 0.29) is 29.8 Å². The molecule has 0 unspecified atom stereocenters. The summed E-state index contributed by atoms with van der Waals surface area (Å²) in [6.07, 6.45) is 2.42. The number of benzene rings is 2. The second kappa shape index (κ2) is 11.0.